The second-order valence-corrected chi connectivity index (χ2v) is 4.76. The first-order valence-electron chi connectivity index (χ1n) is 6.44. The van der Waals surface area contributed by atoms with Gasteiger partial charge in [-0.15, -0.1) is 0 Å². The van der Waals surface area contributed by atoms with Crippen molar-refractivity contribution in [2.45, 2.75) is 12.8 Å². The van der Waals surface area contributed by atoms with Gasteiger partial charge in [0.15, 0.2) is 0 Å². The highest BCUT2D eigenvalue weighted by atomic mass is 16.1. The number of nitrogens with zero attached hydrogens (tertiary/aromatic N) is 2. The van der Waals surface area contributed by atoms with Crippen molar-refractivity contribution >= 4 is 17.5 Å². The average molecular weight is 269 g/mol. The maximum Gasteiger partial charge on any atom is 0.252 e. The van der Waals surface area contributed by atoms with Crippen LogP contribution in [0.15, 0.2) is 24.4 Å². The number of hydrogen-bond acceptors (Lipinski definition) is 5. The SMILES string of the molecule is NC(=O)c1cnc(N)nc1-c1ccc2c(c1)NCCC2. The van der Waals surface area contributed by atoms with Gasteiger partial charge in [-0.25, -0.2) is 9.97 Å². The number of carbonyl (C=O) groups is 1. The minimum absolute atomic E-state index is 0.121. The molecule has 2 aromatic rings. The lowest BCUT2D eigenvalue weighted by Gasteiger charge is -2.19. The molecule has 1 amide bonds. The number of fused-ring (bicyclic) bond motifs is 1. The first kappa shape index (κ1) is 12.4. The zero-order valence-electron chi connectivity index (χ0n) is 10.9. The van der Waals surface area contributed by atoms with Gasteiger partial charge in [0, 0.05) is 24.0 Å². The van der Waals surface area contributed by atoms with Crippen LogP contribution < -0.4 is 16.8 Å². The Hall–Kier alpha value is -2.63. The molecule has 3 rings (SSSR count). The van der Waals surface area contributed by atoms with Crippen LogP contribution in [0.25, 0.3) is 11.3 Å². The molecule has 0 saturated carbocycles. The van der Waals surface area contributed by atoms with E-state index in [2.05, 4.69) is 15.3 Å². The number of primary amides is 1. The molecule has 6 heteroatoms. The summed E-state index contributed by atoms with van der Waals surface area (Å²) in [6, 6.07) is 5.95. The Labute approximate surface area is 116 Å². The van der Waals surface area contributed by atoms with Gasteiger partial charge in [-0.2, -0.15) is 0 Å². The molecule has 5 N–H and O–H groups in total. The minimum atomic E-state index is -0.564. The van der Waals surface area contributed by atoms with Gasteiger partial charge in [-0.3, -0.25) is 4.79 Å². The molecular formula is C14H15N5O. The molecule has 0 fully saturated rings. The van der Waals surface area contributed by atoms with E-state index in [0.717, 1.165) is 30.6 Å². The Kier molecular flexibility index (Phi) is 2.98. The van der Waals surface area contributed by atoms with Gasteiger partial charge in [-0.05, 0) is 24.5 Å². The van der Waals surface area contributed by atoms with E-state index in [9.17, 15) is 4.79 Å². The third-order valence-corrected chi connectivity index (χ3v) is 3.39. The topological polar surface area (TPSA) is 107 Å². The summed E-state index contributed by atoms with van der Waals surface area (Å²) in [4.78, 5) is 19.5. The number of nitrogens with two attached hydrogens (primary N) is 2. The minimum Gasteiger partial charge on any atom is -0.385 e. The lowest BCUT2D eigenvalue weighted by molar-refractivity contribution is 0.100. The van der Waals surface area contributed by atoms with E-state index >= 15 is 0 Å². The smallest absolute Gasteiger partial charge is 0.252 e. The van der Waals surface area contributed by atoms with Crippen LogP contribution in [0.5, 0.6) is 0 Å². The van der Waals surface area contributed by atoms with E-state index in [1.165, 1.54) is 11.8 Å². The van der Waals surface area contributed by atoms with E-state index < -0.39 is 5.91 Å². The number of carbonyl (C=O) groups excluding carboxylic acids is 1. The Morgan fingerprint density at radius 2 is 2.20 bits per heavy atom. The normalized spacial score (nSPS) is 13.4. The molecule has 6 nitrogen and oxygen atoms in total. The van der Waals surface area contributed by atoms with Gasteiger partial charge in [0.1, 0.15) is 0 Å². The first-order chi connectivity index (χ1) is 9.65. The molecule has 1 aromatic heterocycles. The van der Waals surface area contributed by atoms with Crippen molar-refractivity contribution < 1.29 is 4.79 Å². The number of rotatable bonds is 2. The van der Waals surface area contributed by atoms with E-state index in [0.29, 0.717) is 5.69 Å². The van der Waals surface area contributed by atoms with Gasteiger partial charge < -0.3 is 16.8 Å². The largest absolute Gasteiger partial charge is 0.385 e. The Morgan fingerprint density at radius 3 is 3.00 bits per heavy atom. The highest BCUT2D eigenvalue weighted by Gasteiger charge is 2.15. The lowest BCUT2D eigenvalue weighted by Crippen LogP contribution is -2.15. The van der Waals surface area contributed by atoms with Crippen molar-refractivity contribution in [2.75, 3.05) is 17.6 Å². The second-order valence-electron chi connectivity index (χ2n) is 4.76. The summed E-state index contributed by atoms with van der Waals surface area (Å²) < 4.78 is 0. The standard InChI is InChI=1S/C14H15N5O/c15-13(20)10-7-18-14(16)19-12(10)9-4-3-8-2-1-5-17-11(8)6-9/h3-4,6-7,17H,1-2,5H2,(H2,15,20)(H2,16,18,19). The highest BCUT2D eigenvalue weighted by molar-refractivity contribution is 5.98. The van der Waals surface area contributed by atoms with E-state index in [1.54, 1.807) is 0 Å². The summed E-state index contributed by atoms with van der Waals surface area (Å²) in [6.07, 6.45) is 3.55. The number of anilines is 2. The number of aromatic nitrogens is 2. The van der Waals surface area contributed by atoms with Crippen molar-refractivity contribution in [1.29, 1.82) is 0 Å². The molecule has 0 atom stereocenters. The molecule has 102 valence electrons. The Bertz CT molecular complexity index is 683. The molecule has 1 aliphatic heterocycles. The van der Waals surface area contributed by atoms with Crippen molar-refractivity contribution in [3.05, 3.63) is 35.5 Å². The van der Waals surface area contributed by atoms with Gasteiger partial charge in [0.2, 0.25) is 5.95 Å². The fourth-order valence-electron chi connectivity index (χ4n) is 2.40. The fourth-order valence-corrected chi connectivity index (χ4v) is 2.40. The zero-order valence-corrected chi connectivity index (χ0v) is 10.9. The van der Waals surface area contributed by atoms with Crippen molar-refractivity contribution in [1.82, 2.24) is 9.97 Å². The Morgan fingerprint density at radius 1 is 1.35 bits per heavy atom. The lowest BCUT2D eigenvalue weighted by atomic mass is 9.98. The molecule has 2 heterocycles. The maximum absolute atomic E-state index is 11.5. The molecule has 0 bridgehead atoms. The summed E-state index contributed by atoms with van der Waals surface area (Å²) in [7, 11) is 0. The van der Waals surface area contributed by atoms with Crippen molar-refractivity contribution in [3.63, 3.8) is 0 Å². The number of hydrogen-bond donors (Lipinski definition) is 3. The van der Waals surface area contributed by atoms with Gasteiger partial charge in [0.25, 0.3) is 5.91 Å². The molecular weight excluding hydrogens is 254 g/mol. The maximum atomic E-state index is 11.5. The molecule has 1 aliphatic rings. The average Bonchev–Trinajstić information content (AvgIpc) is 2.46. The van der Waals surface area contributed by atoms with Crippen LogP contribution in [0, 0.1) is 0 Å². The zero-order chi connectivity index (χ0) is 14.1. The molecule has 0 saturated heterocycles. The van der Waals surface area contributed by atoms with Crippen molar-refractivity contribution in [3.8, 4) is 11.3 Å². The molecule has 0 aliphatic carbocycles. The third kappa shape index (κ3) is 2.16. The van der Waals surface area contributed by atoms with Crippen LogP contribution in [-0.4, -0.2) is 22.4 Å². The fraction of sp³-hybridized carbons (Fsp3) is 0.214. The van der Waals surface area contributed by atoms with Gasteiger partial charge in [0.05, 0.1) is 11.3 Å². The molecule has 0 unspecified atom stereocenters. The van der Waals surface area contributed by atoms with Crippen LogP contribution in [0.4, 0.5) is 11.6 Å². The summed E-state index contributed by atoms with van der Waals surface area (Å²) >= 11 is 0. The number of benzene rings is 1. The predicted octanol–water partition coefficient (Wildman–Crippen LogP) is 1.18. The van der Waals surface area contributed by atoms with Crippen LogP contribution in [-0.2, 0) is 6.42 Å². The highest BCUT2D eigenvalue weighted by Crippen LogP contribution is 2.29. The molecule has 0 spiro atoms. The van der Waals surface area contributed by atoms with Crippen LogP contribution in [0.1, 0.15) is 22.3 Å². The van der Waals surface area contributed by atoms with E-state index in [1.807, 2.05) is 18.2 Å². The van der Waals surface area contributed by atoms with Crippen LogP contribution in [0.2, 0.25) is 0 Å². The second kappa shape index (κ2) is 4.80. The predicted molar refractivity (Wildman–Crippen MR) is 77.2 cm³/mol. The van der Waals surface area contributed by atoms with Crippen LogP contribution in [0.3, 0.4) is 0 Å². The van der Waals surface area contributed by atoms with Crippen LogP contribution >= 0.6 is 0 Å². The molecule has 20 heavy (non-hydrogen) atoms. The monoisotopic (exact) mass is 269 g/mol. The summed E-state index contributed by atoms with van der Waals surface area (Å²) in [5, 5.41) is 3.35. The Balaban J connectivity index is 2.13. The summed E-state index contributed by atoms with van der Waals surface area (Å²) in [5.41, 5.74) is 14.9. The summed E-state index contributed by atoms with van der Waals surface area (Å²) in [6.45, 7) is 0.949. The third-order valence-electron chi connectivity index (χ3n) is 3.39. The molecule has 1 aromatic carbocycles. The first-order valence-corrected chi connectivity index (χ1v) is 6.44. The van der Waals surface area contributed by atoms with Gasteiger partial charge in [-0.1, -0.05) is 12.1 Å². The quantitative estimate of drug-likeness (QED) is 0.759. The van der Waals surface area contributed by atoms with E-state index in [4.69, 9.17) is 11.5 Å². The van der Waals surface area contributed by atoms with Crippen molar-refractivity contribution in [2.24, 2.45) is 5.73 Å². The number of amides is 1. The number of nitrogens with one attached hydrogen (secondary N) is 1. The summed E-state index contributed by atoms with van der Waals surface area (Å²) in [5.74, 6) is -0.443. The van der Waals surface area contributed by atoms with E-state index in [-0.39, 0.29) is 11.5 Å². The molecule has 0 radical (unpaired) electrons. The van der Waals surface area contributed by atoms with Gasteiger partial charge >= 0.3 is 0 Å². The number of aryl methyl sites for hydroxylation is 1. The number of nitrogen functional groups attached to an aromatic ring is 1.